The van der Waals surface area contributed by atoms with Crippen molar-refractivity contribution in [2.45, 2.75) is 0 Å². The standard InChI is InChI=1S/C9H5ClN2O/c1-2-5-13-9-8(10)7(6-11)3-4-12-9/h1,3-4H,5H2. The Morgan fingerprint density at radius 3 is 3.08 bits per heavy atom. The molecule has 0 saturated carbocycles. The first-order valence-electron chi connectivity index (χ1n) is 3.40. The molecule has 0 bridgehead atoms. The molecule has 1 heterocycles. The van der Waals surface area contributed by atoms with Crippen molar-refractivity contribution in [3.8, 4) is 24.3 Å². The molecule has 0 unspecified atom stereocenters. The van der Waals surface area contributed by atoms with Crippen LogP contribution in [0.1, 0.15) is 5.56 Å². The first-order chi connectivity index (χ1) is 6.29. The van der Waals surface area contributed by atoms with Crippen LogP contribution in [0.25, 0.3) is 0 Å². The molecule has 0 amide bonds. The van der Waals surface area contributed by atoms with E-state index in [1.807, 2.05) is 6.07 Å². The Morgan fingerprint density at radius 1 is 1.69 bits per heavy atom. The van der Waals surface area contributed by atoms with E-state index in [1.165, 1.54) is 12.3 Å². The molecule has 13 heavy (non-hydrogen) atoms. The van der Waals surface area contributed by atoms with E-state index < -0.39 is 0 Å². The zero-order valence-electron chi connectivity index (χ0n) is 6.62. The fraction of sp³-hybridized carbons (Fsp3) is 0.111. The minimum Gasteiger partial charge on any atom is -0.463 e. The Kier molecular flexibility index (Phi) is 3.14. The number of ether oxygens (including phenoxy) is 1. The van der Waals surface area contributed by atoms with Gasteiger partial charge in [0.25, 0.3) is 0 Å². The molecule has 0 saturated heterocycles. The van der Waals surface area contributed by atoms with E-state index in [4.69, 9.17) is 28.0 Å². The zero-order valence-corrected chi connectivity index (χ0v) is 7.38. The number of aromatic nitrogens is 1. The molecule has 1 rings (SSSR count). The maximum atomic E-state index is 8.61. The molecule has 64 valence electrons. The van der Waals surface area contributed by atoms with Gasteiger partial charge >= 0.3 is 0 Å². The third-order valence-corrected chi connectivity index (χ3v) is 1.64. The van der Waals surface area contributed by atoms with Gasteiger partial charge in [0.05, 0.1) is 5.56 Å². The number of terminal acetylenes is 1. The highest BCUT2D eigenvalue weighted by Crippen LogP contribution is 2.24. The van der Waals surface area contributed by atoms with Crippen molar-refractivity contribution < 1.29 is 4.74 Å². The van der Waals surface area contributed by atoms with Gasteiger partial charge in [-0.1, -0.05) is 17.5 Å². The third kappa shape index (κ3) is 2.11. The highest BCUT2D eigenvalue weighted by molar-refractivity contribution is 6.32. The first kappa shape index (κ1) is 9.38. The van der Waals surface area contributed by atoms with Gasteiger partial charge in [0.2, 0.25) is 5.88 Å². The topological polar surface area (TPSA) is 45.9 Å². The summed E-state index contributed by atoms with van der Waals surface area (Å²) in [6, 6.07) is 3.41. The Hall–Kier alpha value is -1.71. The number of nitrogens with zero attached hydrogens (tertiary/aromatic N) is 2. The second kappa shape index (κ2) is 4.35. The lowest BCUT2D eigenvalue weighted by atomic mass is 10.3. The van der Waals surface area contributed by atoms with E-state index in [-0.39, 0.29) is 17.5 Å². The van der Waals surface area contributed by atoms with Crippen LogP contribution >= 0.6 is 11.6 Å². The number of hydrogen-bond acceptors (Lipinski definition) is 3. The predicted octanol–water partition coefficient (Wildman–Crippen LogP) is 1.62. The van der Waals surface area contributed by atoms with E-state index in [2.05, 4.69) is 10.9 Å². The zero-order chi connectivity index (χ0) is 9.68. The molecule has 0 N–H and O–H groups in total. The number of halogens is 1. The molecule has 0 fully saturated rings. The van der Waals surface area contributed by atoms with Gasteiger partial charge in [-0.05, 0) is 6.07 Å². The summed E-state index contributed by atoms with van der Waals surface area (Å²) < 4.78 is 5.00. The van der Waals surface area contributed by atoms with Crippen molar-refractivity contribution >= 4 is 11.6 Å². The van der Waals surface area contributed by atoms with E-state index in [0.717, 1.165) is 0 Å². The summed E-state index contributed by atoms with van der Waals surface area (Å²) in [7, 11) is 0. The highest BCUT2D eigenvalue weighted by atomic mass is 35.5. The van der Waals surface area contributed by atoms with Crippen LogP contribution in [0.5, 0.6) is 5.88 Å². The van der Waals surface area contributed by atoms with E-state index in [9.17, 15) is 0 Å². The molecule has 1 aromatic rings. The molecule has 3 nitrogen and oxygen atoms in total. The Balaban J connectivity index is 2.98. The lowest BCUT2D eigenvalue weighted by Gasteiger charge is -2.03. The molecule has 0 aliphatic heterocycles. The summed E-state index contributed by atoms with van der Waals surface area (Å²) in [5.41, 5.74) is 0.323. The van der Waals surface area contributed by atoms with Crippen molar-refractivity contribution in [1.29, 1.82) is 5.26 Å². The van der Waals surface area contributed by atoms with Crippen LogP contribution in [0, 0.1) is 23.7 Å². The largest absolute Gasteiger partial charge is 0.463 e. The average Bonchev–Trinajstić information content (AvgIpc) is 2.16. The van der Waals surface area contributed by atoms with Crippen molar-refractivity contribution in [2.75, 3.05) is 6.61 Å². The number of nitriles is 1. The molecule has 4 heteroatoms. The van der Waals surface area contributed by atoms with Crippen LogP contribution in [0.4, 0.5) is 0 Å². The number of hydrogen-bond donors (Lipinski definition) is 0. The van der Waals surface area contributed by atoms with Gasteiger partial charge < -0.3 is 4.74 Å². The minimum atomic E-state index is 0.0849. The minimum absolute atomic E-state index is 0.0849. The molecular weight excluding hydrogens is 188 g/mol. The molecule has 1 aromatic heterocycles. The van der Waals surface area contributed by atoms with Crippen LogP contribution in [0.3, 0.4) is 0 Å². The number of rotatable bonds is 2. The van der Waals surface area contributed by atoms with Gasteiger partial charge in [-0.15, -0.1) is 6.42 Å². The lowest BCUT2D eigenvalue weighted by molar-refractivity contribution is 0.355. The fourth-order valence-electron chi connectivity index (χ4n) is 0.722. The Bertz CT molecular complexity index is 390. The maximum absolute atomic E-state index is 8.61. The van der Waals surface area contributed by atoms with Crippen LogP contribution in [0.2, 0.25) is 5.02 Å². The summed E-state index contributed by atoms with van der Waals surface area (Å²) in [6.45, 7) is 0.0849. The summed E-state index contributed by atoms with van der Waals surface area (Å²) in [5.74, 6) is 2.47. The summed E-state index contributed by atoms with van der Waals surface area (Å²) in [4.78, 5) is 3.82. The highest BCUT2D eigenvalue weighted by Gasteiger charge is 2.06. The van der Waals surface area contributed by atoms with Gasteiger partial charge in [0.1, 0.15) is 11.1 Å². The van der Waals surface area contributed by atoms with Gasteiger partial charge in [-0.3, -0.25) is 0 Å². The molecule has 0 aliphatic carbocycles. The predicted molar refractivity (Wildman–Crippen MR) is 48.3 cm³/mol. The second-order valence-electron chi connectivity index (χ2n) is 2.08. The monoisotopic (exact) mass is 192 g/mol. The first-order valence-corrected chi connectivity index (χ1v) is 3.78. The molecule has 0 aromatic carbocycles. The van der Waals surface area contributed by atoms with Crippen molar-refractivity contribution in [3.05, 3.63) is 22.8 Å². The quantitative estimate of drug-likeness (QED) is 0.669. The van der Waals surface area contributed by atoms with Crippen LogP contribution < -0.4 is 4.74 Å². The molecule has 0 radical (unpaired) electrons. The van der Waals surface area contributed by atoms with Gasteiger partial charge in [0, 0.05) is 6.20 Å². The lowest BCUT2D eigenvalue weighted by Crippen LogP contribution is -1.97. The summed E-state index contributed by atoms with van der Waals surface area (Å²) in [5, 5.41) is 8.80. The smallest absolute Gasteiger partial charge is 0.234 e. The van der Waals surface area contributed by atoms with Crippen molar-refractivity contribution in [2.24, 2.45) is 0 Å². The van der Waals surface area contributed by atoms with E-state index >= 15 is 0 Å². The van der Waals surface area contributed by atoms with Crippen molar-refractivity contribution in [1.82, 2.24) is 4.98 Å². The van der Waals surface area contributed by atoms with Gasteiger partial charge in [0.15, 0.2) is 6.61 Å². The SMILES string of the molecule is C#CCOc1nccc(C#N)c1Cl. The van der Waals surface area contributed by atoms with Gasteiger partial charge in [-0.2, -0.15) is 5.26 Å². The van der Waals surface area contributed by atoms with Crippen LogP contribution in [-0.4, -0.2) is 11.6 Å². The number of pyridine rings is 1. The second-order valence-corrected chi connectivity index (χ2v) is 2.46. The fourth-order valence-corrected chi connectivity index (χ4v) is 0.930. The Morgan fingerprint density at radius 2 is 2.46 bits per heavy atom. The Labute approximate surface area is 80.9 Å². The van der Waals surface area contributed by atoms with E-state index in [1.54, 1.807) is 0 Å². The van der Waals surface area contributed by atoms with Gasteiger partial charge in [-0.25, -0.2) is 4.98 Å². The van der Waals surface area contributed by atoms with Crippen LogP contribution in [0.15, 0.2) is 12.3 Å². The average molecular weight is 193 g/mol. The molecule has 0 aliphatic rings. The molecule has 0 spiro atoms. The summed E-state index contributed by atoms with van der Waals surface area (Å²) in [6.07, 6.45) is 6.43. The third-order valence-electron chi connectivity index (χ3n) is 1.27. The van der Waals surface area contributed by atoms with E-state index in [0.29, 0.717) is 5.56 Å². The van der Waals surface area contributed by atoms with Crippen LogP contribution in [-0.2, 0) is 0 Å². The normalized spacial score (nSPS) is 8.54. The molecular formula is C9H5ClN2O. The molecule has 0 atom stereocenters. The summed E-state index contributed by atoms with van der Waals surface area (Å²) >= 11 is 5.77. The van der Waals surface area contributed by atoms with Crippen molar-refractivity contribution in [3.63, 3.8) is 0 Å². The maximum Gasteiger partial charge on any atom is 0.234 e.